The van der Waals surface area contributed by atoms with E-state index in [4.69, 9.17) is 9.47 Å². The standard InChI is InChI=1S/C22H37N3O3/c1-16(2)13-25-18(4)19(17(3)23-25)7-8-20(26)24-11-9-22(10-12-24)27-14-21(5,6)15-28-22/h16H,7-15H2,1-6H3. The van der Waals surface area contributed by atoms with Crippen LogP contribution < -0.4 is 0 Å². The normalized spacial score (nSPS) is 21.5. The lowest BCUT2D eigenvalue weighted by Gasteiger charge is -2.47. The molecular formula is C22H37N3O3. The number of hydrogen-bond donors (Lipinski definition) is 0. The summed E-state index contributed by atoms with van der Waals surface area (Å²) in [6.45, 7) is 16.7. The van der Waals surface area contributed by atoms with Crippen molar-refractivity contribution in [2.75, 3.05) is 26.3 Å². The number of ether oxygens (including phenoxy) is 2. The average Bonchev–Trinajstić information content (AvgIpc) is 2.89. The van der Waals surface area contributed by atoms with Gasteiger partial charge in [-0.15, -0.1) is 0 Å². The van der Waals surface area contributed by atoms with Crippen LogP contribution in [0.5, 0.6) is 0 Å². The Balaban J connectivity index is 1.51. The maximum atomic E-state index is 12.8. The van der Waals surface area contributed by atoms with Gasteiger partial charge in [0.1, 0.15) is 0 Å². The van der Waals surface area contributed by atoms with Crippen LogP contribution in [0.15, 0.2) is 0 Å². The minimum absolute atomic E-state index is 0.0773. The molecule has 0 unspecified atom stereocenters. The van der Waals surface area contributed by atoms with Crippen LogP contribution in [0.25, 0.3) is 0 Å². The van der Waals surface area contributed by atoms with E-state index >= 15 is 0 Å². The molecule has 2 fully saturated rings. The fourth-order valence-corrected chi connectivity index (χ4v) is 4.13. The molecule has 2 aliphatic rings. The number of amides is 1. The third kappa shape index (κ3) is 4.77. The predicted molar refractivity (Wildman–Crippen MR) is 109 cm³/mol. The highest BCUT2D eigenvalue weighted by atomic mass is 16.7. The first-order chi connectivity index (χ1) is 13.1. The first-order valence-electron chi connectivity index (χ1n) is 10.7. The molecule has 1 amide bonds. The van der Waals surface area contributed by atoms with Crippen LogP contribution in [0.3, 0.4) is 0 Å². The Morgan fingerprint density at radius 3 is 2.32 bits per heavy atom. The van der Waals surface area contributed by atoms with E-state index in [0.717, 1.165) is 44.7 Å². The minimum Gasteiger partial charge on any atom is -0.349 e. The smallest absolute Gasteiger partial charge is 0.222 e. The molecule has 0 atom stereocenters. The van der Waals surface area contributed by atoms with Crippen LogP contribution in [0, 0.1) is 25.2 Å². The van der Waals surface area contributed by atoms with Gasteiger partial charge in [0.05, 0.1) is 18.9 Å². The van der Waals surface area contributed by atoms with Gasteiger partial charge < -0.3 is 14.4 Å². The van der Waals surface area contributed by atoms with Gasteiger partial charge in [-0.1, -0.05) is 27.7 Å². The summed E-state index contributed by atoms with van der Waals surface area (Å²) in [7, 11) is 0. The van der Waals surface area contributed by atoms with Gasteiger partial charge in [0, 0.05) is 50.0 Å². The minimum atomic E-state index is -0.475. The molecule has 2 aliphatic heterocycles. The van der Waals surface area contributed by atoms with Crippen LogP contribution >= 0.6 is 0 Å². The van der Waals surface area contributed by atoms with Gasteiger partial charge >= 0.3 is 0 Å². The Morgan fingerprint density at radius 2 is 1.75 bits per heavy atom. The lowest BCUT2D eigenvalue weighted by Crippen LogP contribution is -2.54. The number of aromatic nitrogens is 2. The van der Waals surface area contributed by atoms with Crippen molar-refractivity contribution in [2.45, 2.75) is 79.6 Å². The highest BCUT2D eigenvalue weighted by molar-refractivity contribution is 5.76. The fraction of sp³-hybridized carbons (Fsp3) is 0.818. The predicted octanol–water partition coefficient (Wildman–Crippen LogP) is 3.48. The van der Waals surface area contributed by atoms with E-state index in [9.17, 15) is 4.79 Å². The maximum Gasteiger partial charge on any atom is 0.222 e. The third-order valence-electron chi connectivity index (χ3n) is 5.99. The zero-order valence-electron chi connectivity index (χ0n) is 18.5. The van der Waals surface area contributed by atoms with Gasteiger partial charge in [-0.2, -0.15) is 5.10 Å². The van der Waals surface area contributed by atoms with Crippen molar-refractivity contribution in [3.8, 4) is 0 Å². The van der Waals surface area contributed by atoms with E-state index in [1.54, 1.807) is 0 Å². The summed E-state index contributed by atoms with van der Waals surface area (Å²) in [6, 6.07) is 0. The lowest BCUT2D eigenvalue weighted by molar-refractivity contribution is -0.311. The van der Waals surface area contributed by atoms with Crippen LogP contribution in [-0.4, -0.2) is 52.7 Å². The molecule has 1 spiro atoms. The van der Waals surface area contributed by atoms with Crippen molar-refractivity contribution < 1.29 is 14.3 Å². The van der Waals surface area contributed by atoms with E-state index in [-0.39, 0.29) is 11.3 Å². The Morgan fingerprint density at radius 1 is 1.14 bits per heavy atom. The second kappa shape index (κ2) is 8.15. The number of hydrogen-bond acceptors (Lipinski definition) is 4. The van der Waals surface area contributed by atoms with Crippen molar-refractivity contribution in [1.29, 1.82) is 0 Å². The summed E-state index contributed by atoms with van der Waals surface area (Å²) in [5.74, 6) is 0.307. The molecule has 158 valence electrons. The van der Waals surface area contributed by atoms with E-state index < -0.39 is 5.79 Å². The summed E-state index contributed by atoms with van der Waals surface area (Å²) in [6.07, 6.45) is 2.83. The van der Waals surface area contributed by atoms with Crippen molar-refractivity contribution in [2.24, 2.45) is 11.3 Å². The molecule has 0 radical (unpaired) electrons. The largest absolute Gasteiger partial charge is 0.349 e. The van der Waals surface area contributed by atoms with E-state index in [1.165, 1.54) is 11.3 Å². The molecular weight excluding hydrogens is 354 g/mol. The molecule has 0 saturated carbocycles. The second-order valence-electron chi connectivity index (χ2n) is 9.76. The molecule has 1 aromatic rings. The molecule has 0 N–H and O–H groups in total. The Bertz CT molecular complexity index is 688. The average molecular weight is 392 g/mol. The molecule has 1 aromatic heterocycles. The molecule has 6 nitrogen and oxygen atoms in total. The first kappa shape index (κ1) is 21.3. The molecule has 3 rings (SSSR count). The third-order valence-corrected chi connectivity index (χ3v) is 5.99. The Hall–Kier alpha value is -1.40. The van der Waals surface area contributed by atoms with Crippen molar-refractivity contribution in [3.63, 3.8) is 0 Å². The van der Waals surface area contributed by atoms with Crippen LogP contribution in [0.4, 0.5) is 0 Å². The molecule has 0 bridgehead atoms. The summed E-state index contributed by atoms with van der Waals surface area (Å²) < 4.78 is 14.2. The number of aryl methyl sites for hydroxylation is 1. The highest BCUT2D eigenvalue weighted by Crippen LogP contribution is 2.36. The van der Waals surface area contributed by atoms with Gasteiger partial charge in [-0.3, -0.25) is 9.48 Å². The Kier molecular flexibility index (Phi) is 6.20. The monoisotopic (exact) mass is 391 g/mol. The molecule has 0 aromatic carbocycles. The summed E-state index contributed by atoms with van der Waals surface area (Å²) in [4.78, 5) is 14.7. The summed E-state index contributed by atoms with van der Waals surface area (Å²) >= 11 is 0. The number of rotatable bonds is 5. The first-order valence-corrected chi connectivity index (χ1v) is 10.7. The summed E-state index contributed by atoms with van der Waals surface area (Å²) in [5.41, 5.74) is 3.55. The molecule has 6 heteroatoms. The summed E-state index contributed by atoms with van der Waals surface area (Å²) in [5, 5.41) is 4.67. The van der Waals surface area contributed by atoms with Gasteiger partial charge in [-0.05, 0) is 31.7 Å². The van der Waals surface area contributed by atoms with Gasteiger partial charge in [-0.25, -0.2) is 0 Å². The van der Waals surface area contributed by atoms with Crippen molar-refractivity contribution in [1.82, 2.24) is 14.7 Å². The number of carbonyl (C=O) groups is 1. The van der Waals surface area contributed by atoms with Crippen molar-refractivity contribution in [3.05, 3.63) is 17.0 Å². The molecule has 3 heterocycles. The number of nitrogens with zero attached hydrogens (tertiary/aromatic N) is 3. The van der Waals surface area contributed by atoms with Crippen molar-refractivity contribution >= 4 is 5.91 Å². The van der Waals surface area contributed by atoms with Gasteiger partial charge in [0.15, 0.2) is 5.79 Å². The van der Waals surface area contributed by atoms with Crippen LogP contribution in [0.2, 0.25) is 0 Å². The number of carbonyl (C=O) groups excluding carboxylic acids is 1. The van der Waals surface area contributed by atoms with Crippen LogP contribution in [-0.2, 0) is 27.2 Å². The molecule has 2 saturated heterocycles. The topological polar surface area (TPSA) is 56.6 Å². The molecule has 0 aliphatic carbocycles. The van der Waals surface area contributed by atoms with E-state index in [2.05, 4.69) is 44.4 Å². The lowest BCUT2D eigenvalue weighted by atomic mass is 9.92. The SMILES string of the molecule is Cc1nn(CC(C)C)c(C)c1CCC(=O)N1CCC2(CC1)OCC(C)(C)CO2. The van der Waals surface area contributed by atoms with Gasteiger partial charge in [0.25, 0.3) is 0 Å². The highest BCUT2D eigenvalue weighted by Gasteiger charge is 2.43. The molecule has 28 heavy (non-hydrogen) atoms. The van der Waals surface area contributed by atoms with E-state index in [0.29, 0.717) is 25.4 Å². The fourth-order valence-electron chi connectivity index (χ4n) is 4.13. The Labute approximate surface area is 169 Å². The van der Waals surface area contributed by atoms with Gasteiger partial charge in [0.2, 0.25) is 5.91 Å². The quantitative estimate of drug-likeness (QED) is 0.771. The number of likely N-dealkylation sites (tertiary alicyclic amines) is 1. The van der Waals surface area contributed by atoms with E-state index in [1.807, 2.05) is 11.8 Å². The maximum absolute atomic E-state index is 12.8. The second-order valence-corrected chi connectivity index (χ2v) is 9.76. The van der Waals surface area contributed by atoms with Crippen LogP contribution in [0.1, 0.15) is 63.9 Å². The zero-order chi connectivity index (χ0) is 20.5. The number of piperidine rings is 1. The zero-order valence-corrected chi connectivity index (χ0v) is 18.5.